The summed E-state index contributed by atoms with van der Waals surface area (Å²) in [6, 6.07) is 0. The van der Waals surface area contributed by atoms with Gasteiger partial charge in [0.1, 0.15) is 0 Å². The van der Waals surface area contributed by atoms with Crippen molar-refractivity contribution < 1.29 is 9.90 Å². The summed E-state index contributed by atoms with van der Waals surface area (Å²) >= 11 is 0. The molecule has 0 spiro atoms. The molecule has 2 saturated heterocycles. The Morgan fingerprint density at radius 2 is 2.40 bits per heavy atom. The van der Waals surface area contributed by atoms with E-state index in [1.165, 1.54) is 0 Å². The molecular weight excluding hydrogens is 192 g/mol. The zero-order valence-corrected chi connectivity index (χ0v) is 9.33. The topological polar surface area (TPSA) is 52.6 Å². The molecule has 2 atom stereocenters. The Morgan fingerprint density at radius 3 is 3.00 bits per heavy atom. The molecule has 2 aliphatic rings. The first-order valence-electron chi connectivity index (χ1n) is 5.80. The molecule has 1 unspecified atom stereocenters. The Balaban J connectivity index is 2.00. The van der Waals surface area contributed by atoms with E-state index in [0.29, 0.717) is 6.54 Å². The maximum atomic E-state index is 12.2. The van der Waals surface area contributed by atoms with Crippen molar-refractivity contribution in [2.24, 2.45) is 5.41 Å². The van der Waals surface area contributed by atoms with Crippen LogP contribution in [-0.4, -0.2) is 48.2 Å². The van der Waals surface area contributed by atoms with E-state index < -0.39 is 0 Å². The van der Waals surface area contributed by atoms with Gasteiger partial charge in [0.15, 0.2) is 0 Å². The van der Waals surface area contributed by atoms with Crippen molar-refractivity contribution >= 4 is 5.91 Å². The average molecular weight is 212 g/mol. The van der Waals surface area contributed by atoms with Gasteiger partial charge in [-0.2, -0.15) is 0 Å². The first kappa shape index (κ1) is 10.9. The van der Waals surface area contributed by atoms with Crippen molar-refractivity contribution in [1.82, 2.24) is 10.2 Å². The predicted molar refractivity (Wildman–Crippen MR) is 57.4 cm³/mol. The minimum atomic E-state index is -0.319. The second-order valence-electron chi connectivity index (χ2n) is 5.03. The lowest BCUT2D eigenvalue weighted by Gasteiger charge is -2.35. The summed E-state index contributed by atoms with van der Waals surface area (Å²) in [5.41, 5.74) is -0.239. The third-order valence-electron chi connectivity index (χ3n) is 3.57. The molecule has 2 aliphatic heterocycles. The van der Waals surface area contributed by atoms with Gasteiger partial charge in [0.05, 0.1) is 11.5 Å². The van der Waals surface area contributed by atoms with Gasteiger partial charge in [0.2, 0.25) is 5.91 Å². The molecule has 2 heterocycles. The largest absolute Gasteiger partial charge is 0.391 e. The van der Waals surface area contributed by atoms with Crippen LogP contribution < -0.4 is 5.32 Å². The third-order valence-corrected chi connectivity index (χ3v) is 3.57. The second-order valence-corrected chi connectivity index (χ2v) is 5.03. The number of nitrogens with one attached hydrogen (secondary N) is 1. The summed E-state index contributed by atoms with van der Waals surface area (Å²) in [6.07, 6.45) is 2.36. The standard InChI is InChI=1S/C11H20N2O2/c1-11(4-5-12-8-11)10(15)13-6-2-3-9(14)7-13/h9,12,14H,2-8H2,1H3/t9-,11?/m0/s1. The van der Waals surface area contributed by atoms with E-state index in [2.05, 4.69) is 5.32 Å². The van der Waals surface area contributed by atoms with Gasteiger partial charge in [0.25, 0.3) is 0 Å². The van der Waals surface area contributed by atoms with Gasteiger partial charge in [0, 0.05) is 19.6 Å². The van der Waals surface area contributed by atoms with E-state index in [-0.39, 0.29) is 17.4 Å². The number of β-amino-alcohol motifs (C(OH)–C–C–N with tert-alkyl or cyclic N) is 1. The molecule has 0 radical (unpaired) electrons. The minimum Gasteiger partial charge on any atom is -0.391 e. The van der Waals surface area contributed by atoms with Crippen molar-refractivity contribution in [2.45, 2.75) is 32.3 Å². The summed E-state index contributed by atoms with van der Waals surface area (Å²) in [5, 5.41) is 12.8. The maximum Gasteiger partial charge on any atom is 0.229 e. The Bertz CT molecular complexity index is 249. The number of likely N-dealkylation sites (tertiary alicyclic amines) is 1. The zero-order chi connectivity index (χ0) is 10.9. The Kier molecular flexibility index (Phi) is 2.98. The lowest BCUT2D eigenvalue weighted by Crippen LogP contribution is -2.49. The van der Waals surface area contributed by atoms with Crippen LogP contribution in [0.25, 0.3) is 0 Å². The van der Waals surface area contributed by atoms with Crippen molar-refractivity contribution in [1.29, 1.82) is 0 Å². The van der Waals surface area contributed by atoms with Crippen LogP contribution in [-0.2, 0) is 4.79 Å². The van der Waals surface area contributed by atoms with Gasteiger partial charge in [-0.3, -0.25) is 4.79 Å². The van der Waals surface area contributed by atoms with Gasteiger partial charge >= 0.3 is 0 Å². The molecule has 2 rings (SSSR count). The van der Waals surface area contributed by atoms with Crippen LogP contribution in [0, 0.1) is 5.41 Å². The molecule has 2 fully saturated rings. The highest BCUT2D eigenvalue weighted by Gasteiger charge is 2.40. The number of amides is 1. The third kappa shape index (κ3) is 2.16. The number of carbonyl (C=O) groups is 1. The van der Waals surface area contributed by atoms with Crippen molar-refractivity contribution in [3.63, 3.8) is 0 Å². The number of aliphatic hydroxyl groups is 1. The quantitative estimate of drug-likeness (QED) is 0.642. The molecule has 15 heavy (non-hydrogen) atoms. The van der Waals surface area contributed by atoms with Gasteiger partial charge < -0.3 is 15.3 Å². The molecule has 0 bridgehead atoms. The summed E-state index contributed by atoms with van der Waals surface area (Å²) in [6.45, 7) is 5.06. The van der Waals surface area contributed by atoms with Crippen molar-refractivity contribution in [2.75, 3.05) is 26.2 Å². The smallest absolute Gasteiger partial charge is 0.229 e. The molecule has 4 heteroatoms. The molecular formula is C11H20N2O2. The van der Waals surface area contributed by atoms with Gasteiger partial charge in [-0.25, -0.2) is 0 Å². The molecule has 1 amide bonds. The highest BCUT2D eigenvalue weighted by molar-refractivity contribution is 5.83. The zero-order valence-electron chi connectivity index (χ0n) is 9.33. The number of rotatable bonds is 1. The van der Waals surface area contributed by atoms with Gasteiger partial charge in [-0.05, 0) is 32.7 Å². The normalized spacial score (nSPS) is 36.9. The van der Waals surface area contributed by atoms with Crippen LogP contribution in [0.15, 0.2) is 0 Å². The van der Waals surface area contributed by atoms with E-state index in [1.54, 1.807) is 0 Å². The lowest BCUT2D eigenvalue weighted by atomic mass is 9.87. The number of carbonyl (C=O) groups excluding carboxylic acids is 1. The maximum absolute atomic E-state index is 12.2. The molecule has 4 nitrogen and oxygen atoms in total. The van der Waals surface area contributed by atoms with E-state index in [9.17, 15) is 9.90 Å². The predicted octanol–water partition coefficient (Wildman–Crippen LogP) is -0.0307. The number of hydrogen-bond acceptors (Lipinski definition) is 3. The Morgan fingerprint density at radius 1 is 1.60 bits per heavy atom. The monoisotopic (exact) mass is 212 g/mol. The minimum absolute atomic E-state index is 0.214. The van der Waals surface area contributed by atoms with E-state index >= 15 is 0 Å². The second kappa shape index (κ2) is 4.10. The summed E-state index contributed by atoms with van der Waals surface area (Å²) in [7, 11) is 0. The average Bonchev–Trinajstić information content (AvgIpc) is 2.65. The van der Waals surface area contributed by atoms with Gasteiger partial charge in [-0.15, -0.1) is 0 Å². The van der Waals surface area contributed by atoms with Gasteiger partial charge in [-0.1, -0.05) is 0 Å². The Labute approximate surface area is 90.6 Å². The highest BCUT2D eigenvalue weighted by atomic mass is 16.3. The number of piperidine rings is 1. The van der Waals surface area contributed by atoms with Crippen LogP contribution in [0.2, 0.25) is 0 Å². The molecule has 2 N–H and O–H groups in total. The summed E-state index contributed by atoms with van der Waals surface area (Å²) < 4.78 is 0. The first-order valence-corrected chi connectivity index (χ1v) is 5.80. The van der Waals surface area contributed by atoms with E-state index in [1.807, 2.05) is 11.8 Å². The number of hydrogen-bond donors (Lipinski definition) is 2. The fourth-order valence-electron chi connectivity index (χ4n) is 2.52. The SMILES string of the molecule is CC1(C(=O)N2CCC[C@H](O)C2)CCNC1. The first-order chi connectivity index (χ1) is 7.12. The number of nitrogens with zero attached hydrogens (tertiary/aromatic N) is 1. The molecule has 0 aromatic carbocycles. The van der Waals surface area contributed by atoms with Crippen LogP contribution in [0.5, 0.6) is 0 Å². The molecule has 0 aromatic heterocycles. The summed E-state index contributed by atoms with van der Waals surface area (Å²) in [5.74, 6) is 0.214. The number of aliphatic hydroxyl groups excluding tert-OH is 1. The van der Waals surface area contributed by atoms with Crippen molar-refractivity contribution in [3.05, 3.63) is 0 Å². The Hall–Kier alpha value is -0.610. The van der Waals surface area contributed by atoms with E-state index in [4.69, 9.17) is 0 Å². The highest BCUT2D eigenvalue weighted by Crippen LogP contribution is 2.28. The van der Waals surface area contributed by atoms with E-state index in [0.717, 1.165) is 38.9 Å². The van der Waals surface area contributed by atoms with Crippen LogP contribution in [0.4, 0.5) is 0 Å². The fourth-order valence-corrected chi connectivity index (χ4v) is 2.52. The van der Waals surface area contributed by atoms with Crippen LogP contribution >= 0.6 is 0 Å². The van der Waals surface area contributed by atoms with Crippen molar-refractivity contribution in [3.8, 4) is 0 Å². The fraction of sp³-hybridized carbons (Fsp3) is 0.909. The lowest BCUT2D eigenvalue weighted by molar-refractivity contribution is -0.143. The van der Waals surface area contributed by atoms with Crippen LogP contribution in [0.3, 0.4) is 0 Å². The molecule has 0 aliphatic carbocycles. The molecule has 0 saturated carbocycles. The molecule has 86 valence electrons. The summed E-state index contributed by atoms with van der Waals surface area (Å²) in [4.78, 5) is 14.1. The van der Waals surface area contributed by atoms with Crippen LogP contribution in [0.1, 0.15) is 26.2 Å². The molecule has 0 aromatic rings.